The van der Waals surface area contributed by atoms with E-state index in [4.69, 9.17) is 0 Å². The van der Waals surface area contributed by atoms with Gasteiger partial charge < -0.3 is 4.90 Å². The normalized spacial score (nSPS) is 23.5. The predicted molar refractivity (Wildman–Crippen MR) is 54.2 cm³/mol. The number of aromatic nitrogens is 2. The Hall–Kier alpha value is -0.160. The van der Waals surface area contributed by atoms with Crippen LogP contribution in [0, 0.1) is 6.92 Å². The van der Waals surface area contributed by atoms with Gasteiger partial charge in [0, 0.05) is 17.9 Å². The van der Waals surface area contributed by atoms with Gasteiger partial charge in [0.25, 0.3) is 0 Å². The van der Waals surface area contributed by atoms with E-state index in [0.29, 0.717) is 4.83 Å². The molecule has 0 bridgehead atoms. The Morgan fingerprint density at radius 2 is 2.42 bits per heavy atom. The second-order valence-corrected chi connectivity index (χ2v) is 5.39. The van der Waals surface area contributed by atoms with Crippen LogP contribution in [0.15, 0.2) is 0 Å². The molecule has 1 aromatic heterocycles. The Kier molecular flexibility index (Phi) is 2.32. The predicted octanol–water partition coefficient (Wildman–Crippen LogP) is 1.82. The number of hydrogen-bond donors (Lipinski definition) is 0. The lowest BCUT2D eigenvalue weighted by atomic mass is 10.4. The van der Waals surface area contributed by atoms with Crippen molar-refractivity contribution in [3.8, 4) is 0 Å². The average Bonchev–Trinajstić information content (AvgIpc) is 2.58. The van der Waals surface area contributed by atoms with Crippen molar-refractivity contribution in [1.82, 2.24) is 10.2 Å². The van der Waals surface area contributed by atoms with Crippen LogP contribution in [-0.4, -0.2) is 28.1 Å². The maximum Gasteiger partial charge on any atom is 0.208 e. The standard InChI is InChI=1S/C7H10BrN3S/c1-5-9-10-7(12-5)11-3-2-6(8)4-11/h6H,2-4H2,1H3. The van der Waals surface area contributed by atoms with Crippen LogP contribution in [0.2, 0.25) is 0 Å². The largest absolute Gasteiger partial charge is 0.345 e. The van der Waals surface area contributed by atoms with Gasteiger partial charge in [0.2, 0.25) is 5.13 Å². The Labute approximate surface area is 83.9 Å². The van der Waals surface area contributed by atoms with E-state index in [1.165, 1.54) is 6.42 Å². The van der Waals surface area contributed by atoms with Gasteiger partial charge in [-0.1, -0.05) is 27.3 Å². The molecule has 2 heterocycles. The minimum Gasteiger partial charge on any atom is -0.345 e. The van der Waals surface area contributed by atoms with Crippen molar-refractivity contribution in [2.24, 2.45) is 0 Å². The van der Waals surface area contributed by atoms with Gasteiger partial charge in [-0.3, -0.25) is 0 Å². The molecular weight excluding hydrogens is 238 g/mol. The minimum absolute atomic E-state index is 0.627. The highest BCUT2D eigenvalue weighted by Gasteiger charge is 2.22. The molecule has 0 aromatic carbocycles. The lowest BCUT2D eigenvalue weighted by Crippen LogP contribution is -2.19. The van der Waals surface area contributed by atoms with Gasteiger partial charge in [-0.25, -0.2) is 0 Å². The topological polar surface area (TPSA) is 29.0 Å². The van der Waals surface area contributed by atoms with E-state index in [1.807, 2.05) is 6.92 Å². The van der Waals surface area contributed by atoms with Crippen molar-refractivity contribution >= 4 is 32.4 Å². The molecule has 0 aliphatic carbocycles. The van der Waals surface area contributed by atoms with Crippen LogP contribution in [0.3, 0.4) is 0 Å². The fraction of sp³-hybridized carbons (Fsp3) is 0.714. The molecule has 12 heavy (non-hydrogen) atoms. The van der Waals surface area contributed by atoms with E-state index in [-0.39, 0.29) is 0 Å². The molecular formula is C7H10BrN3S. The molecule has 0 N–H and O–H groups in total. The van der Waals surface area contributed by atoms with Gasteiger partial charge in [0.1, 0.15) is 5.01 Å². The first-order chi connectivity index (χ1) is 5.75. The van der Waals surface area contributed by atoms with Crippen LogP contribution in [0.25, 0.3) is 0 Å². The van der Waals surface area contributed by atoms with Crippen molar-refractivity contribution in [3.05, 3.63) is 5.01 Å². The molecule has 0 radical (unpaired) electrons. The highest BCUT2D eigenvalue weighted by atomic mass is 79.9. The second-order valence-electron chi connectivity index (χ2n) is 2.94. The van der Waals surface area contributed by atoms with Gasteiger partial charge in [-0.05, 0) is 13.3 Å². The molecule has 5 heteroatoms. The number of halogens is 1. The first kappa shape index (κ1) is 8.44. The number of anilines is 1. The maximum atomic E-state index is 4.11. The summed E-state index contributed by atoms with van der Waals surface area (Å²) in [5, 5.41) is 10.2. The molecule has 66 valence electrons. The second kappa shape index (κ2) is 3.30. The molecule has 1 saturated heterocycles. The quantitative estimate of drug-likeness (QED) is 0.710. The highest BCUT2D eigenvalue weighted by molar-refractivity contribution is 9.09. The molecule has 1 unspecified atom stereocenters. The molecule has 2 rings (SSSR count). The summed E-state index contributed by atoms with van der Waals surface area (Å²) >= 11 is 5.27. The van der Waals surface area contributed by atoms with Crippen LogP contribution in [-0.2, 0) is 0 Å². The summed E-state index contributed by atoms with van der Waals surface area (Å²) in [6, 6.07) is 0. The van der Waals surface area contributed by atoms with Crippen molar-refractivity contribution in [1.29, 1.82) is 0 Å². The first-order valence-corrected chi connectivity index (χ1v) is 5.68. The third-order valence-corrected chi connectivity index (χ3v) is 3.56. The van der Waals surface area contributed by atoms with Gasteiger partial charge in [-0.15, -0.1) is 10.2 Å². The van der Waals surface area contributed by atoms with Crippen LogP contribution in [0.1, 0.15) is 11.4 Å². The fourth-order valence-corrected chi connectivity index (χ4v) is 2.58. The summed E-state index contributed by atoms with van der Waals surface area (Å²) in [6.07, 6.45) is 1.21. The van der Waals surface area contributed by atoms with E-state index in [9.17, 15) is 0 Å². The van der Waals surface area contributed by atoms with Crippen molar-refractivity contribution < 1.29 is 0 Å². The van der Waals surface area contributed by atoms with E-state index in [1.54, 1.807) is 11.3 Å². The third kappa shape index (κ3) is 1.61. The Morgan fingerprint density at radius 3 is 2.92 bits per heavy atom. The molecule has 1 aliphatic rings. The molecule has 1 atom stereocenters. The zero-order valence-electron chi connectivity index (χ0n) is 6.83. The number of aryl methyl sites for hydroxylation is 1. The molecule has 0 saturated carbocycles. The van der Waals surface area contributed by atoms with Crippen molar-refractivity contribution in [2.75, 3.05) is 18.0 Å². The molecule has 1 aliphatic heterocycles. The van der Waals surface area contributed by atoms with Crippen LogP contribution in [0.4, 0.5) is 5.13 Å². The van der Waals surface area contributed by atoms with E-state index < -0.39 is 0 Å². The summed E-state index contributed by atoms with van der Waals surface area (Å²) in [4.78, 5) is 2.91. The molecule has 1 fully saturated rings. The third-order valence-electron chi connectivity index (χ3n) is 1.92. The fourth-order valence-electron chi connectivity index (χ4n) is 1.31. The van der Waals surface area contributed by atoms with Gasteiger partial charge in [0.15, 0.2) is 0 Å². The zero-order chi connectivity index (χ0) is 8.55. The highest BCUT2D eigenvalue weighted by Crippen LogP contribution is 2.26. The van der Waals surface area contributed by atoms with Crippen LogP contribution < -0.4 is 4.90 Å². The SMILES string of the molecule is Cc1nnc(N2CCC(Br)C2)s1. The Bertz CT molecular complexity index is 275. The minimum atomic E-state index is 0.627. The smallest absolute Gasteiger partial charge is 0.208 e. The number of nitrogens with zero attached hydrogens (tertiary/aromatic N) is 3. The maximum absolute atomic E-state index is 4.11. The van der Waals surface area contributed by atoms with Crippen molar-refractivity contribution in [2.45, 2.75) is 18.2 Å². The molecule has 0 amide bonds. The molecule has 0 spiro atoms. The lowest BCUT2D eigenvalue weighted by Gasteiger charge is -2.11. The summed E-state index contributed by atoms with van der Waals surface area (Å²) in [7, 11) is 0. The number of rotatable bonds is 1. The van der Waals surface area contributed by atoms with Crippen molar-refractivity contribution in [3.63, 3.8) is 0 Å². The summed E-state index contributed by atoms with van der Waals surface area (Å²) in [6.45, 7) is 4.15. The van der Waals surface area contributed by atoms with Crippen LogP contribution >= 0.6 is 27.3 Å². The van der Waals surface area contributed by atoms with E-state index >= 15 is 0 Å². The monoisotopic (exact) mass is 247 g/mol. The van der Waals surface area contributed by atoms with E-state index in [0.717, 1.165) is 23.2 Å². The van der Waals surface area contributed by atoms with Gasteiger partial charge in [0.05, 0.1) is 0 Å². The average molecular weight is 248 g/mol. The number of hydrogen-bond acceptors (Lipinski definition) is 4. The zero-order valence-corrected chi connectivity index (χ0v) is 9.23. The first-order valence-electron chi connectivity index (χ1n) is 3.95. The van der Waals surface area contributed by atoms with Gasteiger partial charge in [-0.2, -0.15) is 0 Å². The van der Waals surface area contributed by atoms with Gasteiger partial charge >= 0.3 is 0 Å². The summed E-state index contributed by atoms with van der Waals surface area (Å²) in [5.74, 6) is 0. The molecule has 3 nitrogen and oxygen atoms in total. The summed E-state index contributed by atoms with van der Waals surface area (Å²) < 4.78 is 0. The molecule has 1 aromatic rings. The summed E-state index contributed by atoms with van der Waals surface area (Å²) in [5.41, 5.74) is 0. The lowest BCUT2D eigenvalue weighted by molar-refractivity contribution is 0.923. The van der Waals surface area contributed by atoms with Crippen LogP contribution in [0.5, 0.6) is 0 Å². The Morgan fingerprint density at radius 1 is 1.58 bits per heavy atom. The Balaban J connectivity index is 2.11. The number of alkyl halides is 1. The van der Waals surface area contributed by atoms with E-state index in [2.05, 4.69) is 31.0 Å².